The van der Waals surface area contributed by atoms with E-state index in [-0.39, 0.29) is 18.2 Å². The number of carbonyl (C=O) groups excluding carboxylic acids is 1. The maximum Gasteiger partial charge on any atom is 0.322 e. The van der Waals surface area contributed by atoms with Gasteiger partial charge in [0.05, 0.1) is 7.11 Å². The van der Waals surface area contributed by atoms with Crippen LogP contribution >= 0.6 is 0 Å². The maximum absolute atomic E-state index is 10.9. The first-order chi connectivity index (χ1) is 5.27. The number of rotatable bonds is 2. The Morgan fingerprint density at radius 1 is 1.45 bits per heavy atom. The van der Waals surface area contributed by atoms with Crippen molar-refractivity contribution in [2.75, 3.05) is 14.2 Å². The van der Waals surface area contributed by atoms with Crippen molar-refractivity contribution in [3.8, 4) is 0 Å². The molecule has 0 aromatic carbocycles. The molecule has 0 bridgehead atoms. The summed E-state index contributed by atoms with van der Waals surface area (Å²) in [4.78, 5) is 10.9. The smallest absolute Gasteiger partial charge is 0.322 e. The van der Waals surface area contributed by atoms with Crippen LogP contribution in [-0.2, 0) is 14.3 Å². The third-order valence-electron chi connectivity index (χ3n) is 1.87. The Kier molecular flexibility index (Phi) is 2.84. The number of carbonyl (C=O) groups is 1. The average Bonchev–Trinajstić information content (AvgIpc) is 2.50. The number of hydrogen-bond donors (Lipinski definition) is 1. The molecule has 1 N–H and O–H groups in total. The molecule has 64 valence electrons. The molecule has 4 nitrogen and oxygen atoms in total. The standard InChI is InChI=1S/C7H13NO3/c1-10-6-4-3-5(8-6)7(9)11-2/h5-6,8H,3-4H2,1-2H3/t5-,6-/m1/s1. The first kappa shape index (κ1) is 8.49. The van der Waals surface area contributed by atoms with E-state index in [1.54, 1.807) is 7.11 Å². The molecule has 0 radical (unpaired) electrons. The molecule has 0 amide bonds. The first-order valence-electron chi connectivity index (χ1n) is 3.64. The minimum atomic E-state index is -0.204. The SMILES string of the molecule is COC(=O)[C@H]1CC[C@@H](OC)N1. The van der Waals surface area contributed by atoms with Crippen molar-refractivity contribution in [2.45, 2.75) is 25.1 Å². The molecule has 0 aromatic heterocycles. The Balaban J connectivity index is 2.35. The van der Waals surface area contributed by atoms with Gasteiger partial charge in [0.1, 0.15) is 12.3 Å². The van der Waals surface area contributed by atoms with Crippen LogP contribution in [-0.4, -0.2) is 32.5 Å². The molecule has 1 aliphatic heterocycles. The fraction of sp³-hybridized carbons (Fsp3) is 0.857. The van der Waals surface area contributed by atoms with E-state index in [9.17, 15) is 4.79 Å². The van der Waals surface area contributed by atoms with Gasteiger partial charge in [-0.15, -0.1) is 0 Å². The molecule has 0 aliphatic carbocycles. The second kappa shape index (κ2) is 3.69. The Morgan fingerprint density at radius 3 is 2.64 bits per heavy atom. The van der Waals surface area contributed by atoms with Crippen LogP contribution in [0.5, 0.6) is 0 Å². The average molecular weight is 159 g/mol. The zero-order valence-corrected chi connectivity index (χ0v) is 6.79. The minimum Gasteiger partial charge on any atom is -0.468 e. The summed E-state index contributed by atoms with van der Waals surface area (Å²) in [6, 6.07) is -0.176. The molecule has 11 heavy (non-hydrogen) atoms. The van der Waals surface area contributed by atoms with Gasteiger partial charge in [-0.05, 0) is 12.8 Å². The van der Waals surface area contributed by atoms with Gasteiger partial charge in [0.15, 0.2) is 0 Å². The van der Waals surface area contributed by atoms with Crippen LogP contribution in [0, 0.1) is 0 Å². The summed E-state index contributed by atoms with van der Waals surface area (Å²) < 4.78 is 9.59. The van der Waals surface area contributed by atoms with Gasteiger partial charge in [-0.2, -0.15) is 0 Å². The van der Waals surface area contributed by atoms with E-state index in [0.29, 0.717) is 0 Å². The zero-order valence-electron chi connectivity index (χ0n) is 6.79. The fourth-order valence-electron chi connectivity index (χ4n) is 1.22. The maximum atomic E-state index is 10.9. The number of methoxy groups -OCH3 is 2. The van der Waals surface area contributed by atoms with Gasteiger partial charge in [-0.1, -0.05) is 0 Å². The molecule has 2 atom stereocenters. The predicted octanol–water partition coefficient (Wildman–Crippen LogP) is -0.116. The lowest BCUT2D eigenvalue weighted by Gasteiger charge is -2.10. The molecule has 1 fully saturated rings. The Hall–Kier alpha value is -0.610. The monoisotopic (exact) mass is 159 g/mol. The minimum absolute atomic E-state index is 0.0131. The Bertz CT molecular complexity index is 149. The molecule has 4 heteroatoms. The van der Waals surface area contributed by atoms with E-state index in [0.717, 1.165) is 12.8 Å². The Morgan fingerprint density at radius 2 is 2.18 bits per heavy atom. The lowest BCUT2D eigenvalue weighted by Crippen LogP contribution is -2.36. The highest BCUT2D eigenvalue weighted by Gasteiger charge is 2.29. The van der Waals surface area contributed by atoms with Crippen LogP contribution in [0.4, 0.5) is 0 Å². The number of nitrogens with one attached hydrogen (secondary N) is 1. The van der Waals surface area contributed by atoms with Crippen LogP contribution in [0.1, 0.15) is 12.8 Å². The van der Waals surface area contributed by atoms with Crippen molar-refractivity contribution in [1.29, 1.82) is 0 Å². The summed E-state index contributed by atoms with van der Waals surface area (Å²) in [5, 5.41) is 2.99. The lowest BCUT2D eigenvalue weighted by atomic mass is 10.2. The van der Waals surface area contributed by atoms with E-state index in [2.05, 4.69) is 10.1 Å². The highest BCUT2D eigenvalue weighted by molar-refractivity contribution is 5.75. The summed E-state index contributed by atoms with van der Waals surface area (Å²) in [6.07, 6.45) is 1.68. The van der Waals surface area contributed by atoms with E-state index < -0.39 is 0 Å². The molecule has 1 aliphatic rings. The normalized spacial score (nSPS) is 30.4. The summed E-state index contributed by atoms with van der Waals surface area (Å²) in [5.41, 5.74) is 0. The van der Waals surface area contributed by atoms with Gasteiger partial charge in [0.25, 0.3) is 0 Å². The second-order valence-corrected chi connectivity index (χ2v) is 2.54. The molecule has 0 aromatic rings. The zero-order chi connectivity index (χ0) is 8.27. The number of ether oxygens (including phenoxy) is 2. The van der Waals surface area contributed by atoms with Crippen LogP contribution in [0.2, 0.25) is 0 Å². The quantitative estimate of drug-likeness (QED) is 0.571. The molecule has 0 unspecified atom stereocenters. The summed E-state index contributed by atoms with van der Waals surface area (Å²) >= 11 is 0. The van der Waals surface area contributed by atoms with Gasteiger partial charge in [-0.25, -0.2) is 0 Å². The van der Waals surface area contributed by atoms with Crippen molar-refractivity contribution >= 4 is 5.97 Å². The molecule has 0 saturated carbocycles. The predicted molar refractivity (Wildman–Crippen MR) is 39.0 cm³/mol. The van der Waals surface area contributed by atoms with Crippen molar-refractivity contribution < 1.29 is 14.3 Å². The topological polar surface area (TPSA) is 47.6 Å². The van der Waals surface area contributed by atoms with Crippen LogP contribution in [0.25, 0.3) is 0 Å². The van der Waals surface area contributed by atoms with Crippen LogP contribution < -0.4 is 5.32 Å². The summed E-state index contributed by atoms with van der Waals surface area (Å²) in [6.45, 7) is 0. The molecule has 0 spiro atoms. The highest BCUT2D eigenvalue weighted by Crippen LogP contribution is 2.13. The largest absolute Gasteiger partial charge is 0.468 e. The first-order valence-corrected chi connectivity index (χ1v) is 3.64. The van der Waals surface area contributed by atoms with E-state index in [4.69, 9.17) is 4.74 Å². The van der Waals surface area contributed by atoms with Crippen molar-refractivity contribution in [2.24, 2.45) is 0 Å². The van der Waals surface area contributed by atoms with Gasteiger partial charge in [-0.3, -0.25) is 10.1 Å². The summed E-state index contributed by atoms with van der Waals surface area (Å²) in [5.74, 6) is -0.204. The molecular formula is C7H13NO3. The number of esters is 1. The summed E-state index contributed by atoms with van der Waals surface area (Å²) in [7, 11) is 3.02. The fourth-order valence-corrected chi connectivity index (χ4v) is 1.22. The number of hydrogen-bond acceptors (Lipinski definition) is 4. The van der Waals surface area contributed by atoms with Crippen LogP contribution in [0.15, 0.2) is 0 Å². The molecular weight excluding hydrogens is 146 g/mol. The van der Waals surface area contributed by atoms with Crippen LogP contribution in [0.3, 0.4) is 0 Å². The van der Waals surface area contributed by atoms with Gasteiger partial charge < -0.3 is 9.47 Å². The van der Waals surface area contributed by atoms with E-state index in [1.807, 2.05) is 0 Å². The van der Waals surface area contributed by atoms with Crippen molar-refractivity contribution in [1.82, 2.24) is 5.32 Å². The second-order valence-electron chi connectivity index (χ2n) is 2.54. The molecule has 1 saturated heterocycles. The van der Waals surface area contributed by atoms with E-state index >= 15 is 0 Å². The lowest BCUT2D eigenvalue weighted by molar-refractivity contribution is -0.143. The van der Waals surface area contributed by atoms with E-state index in [1.165, 1.54) is 7.11 Å². The Labute approximate surface area is 65.9 Å². The highest BCUT2D eigenvalue weighted by atomic mass is 16.5. The third-order valence-corrected chi connectivity index (χ3v) is 1.87. The van der Waals surface area contributed by atoms with Crippen molar-refractivity contribution in [3.05, 3.63) is 0 Å². The van der Waals surface area contributed by atoms with Gasteiger partial charge in [0.2, 0.25) is 0 Å². The molecule has 1 rings (SSSR count). The van der Waals surface area contributed by atoms with Crippen molar-refractivity contribution in [3.63, 3.8) is 0 Å². The molecule has 1 heterocycles. The van der Waals surface area contributed by atoms with Gasteiger partial charge >= 0.3 is 5.97 Å². The van der Waals surface area contributed by atoms with Gasteiger partial charge in [0, 0.05) is 7.11 Å². The third kappa shape index (κ3) is 1.91.